The highest BCUT2D eigenvalue weighted by atomic mass is 16.4. The van der Waals surface area contributed by atoms with E-state index < -0.39 is 5.97 Å². The van der Waals surface area contributed by atoms with E-state index in [9.17, 15) is 14.7 Å². The molecular weight excluding hydrogens is 290 g/mol. The summed E-state index contributed by atoms with van der Waals surface area (Å²) < 4.78 is 0. The molecular formula is C19H19NO3. The van der Waals surface area contributed by atoms with Crippen molar-refractivity contribution in [3.63, 3.8) is 0 Å². The first-order valence-corrected chi connectivity index (χ1v) is 7.83. The van der Waals surface area contributed by atoms with Crippen molar-refractivity contribution in [1.29, 1.82) is 0 Å². The average molecular weight is 309 g/mol. The third-order valence-electron chi connectivity index (χ3n) is 4.29. The number of hydrogen-bond donors (Lipinski definition) is 1. The van der Waals surface area contributed by atoms with Crippen molar-refractivity contribution in [2.24, 2.45) is 0 Å². The molecule has 118 valence electrons. The van der Waals surface area contributed by atoms with Crippen LogP contribution in [0.25, 0.3) is 0 Å². The number of nitrogens with zero attached hydrogens (tertiary/aromatic N) is 1. The molecule has 0 aliphatic heterocycles. The van der Waals surface area contributed by atoms with Gasteiger partial charge >= 0.3 is 5.97 Å². The normalized spacial score (nSPS) is 16.4. The minimum absolute atomic E-state index is 0.134. The summed E-state index contributed by atoms with van der Waals surface area (Å²) in [6.45, 7) is -0.318. The lowest BCUT2D eigenvalue weighted by molar-refractivity contribution is -0.136. The summed E-state index contributed by atoms with van der Waals surface area (Å²) in [5.41, 5.74) is 2.86. The Morgan fingerprint density at radius 2 is 1.74 bits per heavy atom. The first kappa shape index (κ1) is 15.3. The second-order valence-electron chi connectivity index (χ2n) is 5.80. The van der Waals surface area contributed by atoms with Gasteiger partial charge in [0.2, 0.25) is 5.91 Å². The number of carboxylic acid groups (broad SMARTS) is 1. The van der Waals surface area contributed by atoms with E-state index in [2.05, 4.69) is 6.07 Å². The van der Waals surface area contributed by atoms with E-state index in [0.717, 1.165) is 24.8 Å². The van der Waals surface area contributed by atoms with E-state index in [1.54, 1.807) is 12.1 Å². The molecule has 4 heteroatoms. The van der Waals surface area contributed by atoms with E-state index in [0.29, 0.717) is 5.69 Å². The number of para-hydroxylation sites is 1. The van der Waals surface area contributed by atoms with Crippen molar-refractivity contribution < 1.29 is 14.7 Å². The highest BCUT2D eigenvalue weighted by Gasteiger charge is 2.31. The predicted octanol–water partition coefficient (Wildman–Crippen LogP) is 3.22. The monoisotopic (exact) mass is 309 g/mol. The van der Waals surface area contributed by atoms with E-state index in [1.807, 2.05) is 36.4 Å². The standard InChI is InChI=1S/C19H19NO3/c21-18(22)13-20(15-9-2-1-3-10-15)19(23)17-12-6-8-14-7-4-5-11-16(14)17/h1-5,7,9-11,17H,6,8,12-13H2,(H,21,22). The van der Waals surface area contributed by atoms with Gasteiger partial charge in [-0.3, -0.25) is 9.59 Å². The molecule has 0 spiro atoms. The molecule has 0 saturated carbocycles. The summed E-state index contributed by atoms with van der Waals surface area (Å²) in [7, 11) is 0. The minimum atomic E-state index is -1.01. The van der Waals surface area contributed by atoms with Crippen LogP contribution in [0.3, 0.4) is 0 Å². The molecule has 0 aromatic heterocycles. The van der Waals surface area contributed by atoms with Crippen LogP contribution < -0.4 is 4.90 Å². The highest BCUT2D eigenvalue weighted by Crippen LogP contribution is 2.34. The van der Waals surface area contributed by atoms with Crippen molar-refractivity contribution in [2.45, 2.75) is 25.2 Å². The molecule has 1 unspecified atom stereocenters. The summed E-state index contributed by atoms with van der Waals surface area (Å²) in [6, 6.07) is 17.0. The second-order valence-corrected chi connectivity index (χ2v) is 5.80. The molecule has 0 fully saturated rings. The van der Waals surface area contributed by atoms with Crippen molar-refractivity contribution >= 4 is 17.6 Å². The van der Waals surface area contributed by atoms with Crippen molar-refractivity contribution in [3.8, 4) is 0 Å². The smallest absolute Gasteiger partial charge is 0.323 e. The zero-order valence-corrected chi connectivity index (χ0v) is 12.8. The summed E-state index contributed by atoms with van der Waals surface area (Å²) >= 11 is 0. The first-order valence-electron chi connectivity index (χ1n) is 7.83. The van der Waals surface area contributed by atoms with Crippen LogP contribution in [0.4, 0.5) is 5.69 Å². The number of aliphatic carboxylic acids is 1. The Hall–Kier alpha value is -2.62. The molecule has 2 aromatic rings. The van der Waals surface area contributed by atoms with Gasteiger partial charge in [-0.2, -0.15) is 0 Å². The average Bonchev–Trinajstić information content (AvgIpc) is 2.59. The lowest BCUT2D eigenvalue weighted by atomic mass is 9.82. The molecule has 23 heavy (non-hydrogen) atoms. The van der Waals surface area contributed by atoms with Gasteiger partial charge in [-0.25, -0.2) is 0 Å². The van der Waals surface area contributed by atoms with Crippen molar-refractivity contribution in [2.75, 3.05) is 11.4 Å². The fourth-order valence-corrected chi connectivity index (χ4v) is 3.24. The van der Waals surface area contributed by atoms with Crippen LogP contribution in [0.2, 0.25) is 0 Å². The Morgan fingerprint density at radius 3 is 2.48 bits per heavy atom. The Kier molecular flexibility index (Phi) is 4.42. The van der Waals surface area contributed by atoms with Crippen LogP contribution in [-0.2, 0) is 16.0 Å². The number of amides is 1. The minimum Gasteiger partial charge on any atom is -0.480 e. The molecule has 0 saturated heterocycles. The van der Waals surface area contributed by atoms with Gasteiger partial charge in [-0.15, -0.1) is 0 Å². The molecule has 1 aliphatic rings. The largest absolute Gasteiger partial charge is 0.480 e. The van der Waals surface area contributed by atoms with Crippen LogP contribution in [0.15, 0.2) is 54.6 Å². The number of anilines is 1. The van der Waals surface area contributed by atoms with Gasteiger partial charge < -0.3 is 10.0 Å². The number of carboxylic acids is 1. The topological polar surface area (TPSA) is 57.6 Å². The van der Waals surface area contributed by atoms with Gasteiger partial charge in [0.15, 0.2) is 0 Å². The van der Waals surface area contributed by atoms with E-state index >= 15 is 0 Å². The van der Waals surface area contributed by atoms with Gasteiger partial charge in [0.1, 0.15) is 6.54 Å². The second kappa shape index (κ2) is 6.65. The maximum Gasteiger partial charge on any atom is 0.323 e. The van der Waals surface area contributed by atoms with E-state index in [1.165, 1.54) is 10.5 Å². The number of rotatable bonds is 4. The van der Waals surface area contributed by atoms with Crippen molar-refractivity contribution in [3.05, 3.63) is 65.7 Å². The number of carbonyl (C=O) groups excluding carboxylic acids is 1. The molecule has 1 aliphatic carbocycles. The van der Waals surface area contributed by atoms with Crippen LogP contribution in [-0.4, -0.2) is 23.5 Å². The van der Waals surface area contributed by atoms with E-state index in [-0.39, 0.29) is 18.4 Å². The summed E-state index contributed by atoms with van der Waals surface area (Å²) in [4.78, 5) is 25.7. The fourth-order valence-electron chi connectivity index (χ4n) is 3.24. The molecule has 3 rings (SSSR count). The molecule has 1 atom stereocenters. The number of benzene rings is 2. The summed E-state index contributed by atoms with van der Waals surface area (Å²) in [5.74, 6) is -1.41. The number of fused-ring (bicyclic) bond motifs is 1. The third-order valence-corrected chi connectivity index (χ3v) is 4.29. The zero-order chi connectivity index (χ0) is 16.2. The third kappa shape index (κ3) is 3.26. The predicted molar refractivity (Wildman–Crippen MR) is 88.6 cm³/mol. The van der Waals surface area contributed by atoms with Gasteiger partial charge in [0.25, 0.3) is 0 Å². The van der Waals surface area contributed by atoms with E-state index in [4.69, 9.17) is 0 Å². The Labute approximate surface area is 135 Å². The molecule has 1 amide bonds. The Morgan fingerprint density at radius 1 is 1.04 bits per heavy atom. The quantitative estimate of drug-likeness (QED) is 0.943. The number of aryl methyl sites for hydroxylation is 1. The lowest BCUT2D eigenvalue weighted by Crippen LogP contribution is -2.40. The van der Waals surface area contributed by atoms with Crippen LogP contribution in [0.5, 0.6) is 0 Å². The van der Waals surface area contributed by atoms with Gasteiger partial charge in [0.05, 0.1) is 5.92 Å². The zero-order valence-electron chi connectivity index (χ0n) is 12.8. The van der Waals surface area contributed by atoms with Crippen molar-refractivity contribution in [1.82, 2.24) is 0 Å². The molecule has 0 bridgehead atoms. The van der Waals surface area contributed by atoms with Crippen LogP contribution >= 0.6 is 0 Å². The summed E-state index contributed by atoms with van der Waals surface area (Å²) in [5, 5.41) is 9.19. The molecule has 0 radical (unpaired) electrons. The number of carbonyl (C=O) groups is 2. The SMILES string of the molecule is O=C(O)CN(C(=O)C1CCCc2ccccc21)c1ccccc1. The molecule has 0 heterocycles. The van der Waals surface area contributed by atoms with Gasteiger partial charge in [-0.1, -0.05) is 42.5 Å². The van der Waals surface area contributed by atoms with Gasteiger partial charge in [0, 0.05) is 5.69 Å². The van der Waals surface area contributed by atoms with Gasteiger partial charge in [-0.05, 0) is 42.5 Å². The van der Waals surface area contributed by atoms with Crippen LogP contribution in [0, 0.1) is 0 Å². The molecule has 1 N–H and O–H groups in total. The maximum absolute atomic E-state index is 13.1. The molecule has 4 nitrogen and oxygen atoms in total. The Bertz CT molecular complexity index is 712. The first-order chi connectivity index (χ1) is 11.2. The molecule has 2 aromatic carbocycles. The lowest BCUT2D eigenvalue weighted by Gasteiger charge is -2.30. The fraction of sp³-hybridized carbons (Fsp3) is 0.263. The number of hydrogen-bond acceptors (Lipinski definition) is 2. The van der Waals surface area contributed by atoms with Crippen LogP contribution in [0.1, 0.15) is 29.9 Å². The Balaban J connectivity index is 1.94. The highest BCUT2D eigenvalue weighted by molar-refractivity contribution is 6.01. The summed E-state index contributed by atoms with van der Waals surface area (Å²) in [6.07, 6.45) is 2.69. The maximum atomic E-state index is 13.1.